The summed E-state index contributed by atoms with van der Waals surface area (Å²) >= 11 is 6.15. The molecule has 106 valence electrons. The van der Waals surface area contributed by atoms with Gasteiger partial charge in [0.2, 0.25) is 0 Å². The van der Waals surface area contributed by atoms with E-state index in [-0.39, 0.29) is 5.92 Å². The van der Waals surface area contributed by atoms with E-state index in [1.807, 2.05) is 44.2 Å². The van der Waals surface area contributed by atoms with Crippen molar-refractivity contribution in [3.8, 4) is 0 Å². The van der Waals surface area contributed by atoms with Gasteiger partial charge in [0.1, 0.15) is 11.2 Å². The largest absolute Gasteiger partial charge is 0.480 e. The van der Waals surface area contributed by atoms with Crippen LogP contribution in [0.25, 0.3) is 10.9 Å². The number of benzene rings is 1. The zero-order chi connectivity index (χ0) is 14.7. The molecule has 0 bridgehead atoms. The molecule has 0 amide bonds. The first-order valence-corrected chi connectivity index (χ1v) is 6.87. The number of aromatic nitrogens is 1. The summed E-state index contributed by atoms with van der Waals surface area (Å²) in [6.45, 7) is 4.11. The maximum atomic E-state index is 11.1. The molecule has 2 rings (SSSR count). The van der Waals surface area contributed by atoms with Crippen LogP contribution in [-0.2, 0) is 11.3 Å². The second kappa shape index (κ2) is 6.20. The normalized spacial score (nSPS) is 12.8. The Morgan fingerprint density at radius 3 is 2.75 bits per heavy atom. The van der Waals surface area contributed by atoms with Gasteiger partial charge in [0, 0.05) is 17.5 Å². The lowest BCUT2D eigenvalue weighted by atomic mass is 10.0. The molecular formula is C15H17ClN2O2. The van der Waals surface area contributed by atoms with Crippen LogP contribution in [0.1, 0.15) is 19.4 Å². The predicted molar refractivity (Wildman–Crippen MR) is 79.9 cm³/mol. The highest BCUT2D eigenvalue weighted by molar-refractivity contribution is 6.30. The maximum Gasteiger partial charge on any atom is 0.320 e. The number of para-hydroxylation sites is 1. The monoisotopic (exact) mass is 292 g/mol. The Labute approximate surface area is 122 Å². The van der Waals surface area contributed by atoms with E-state index >= 15 is 0 Å². The number of aliphatic carboxylic acids is 1. The number of carbonyl (C=O) groups is 1. The molecule has 0 fully saturated rings. The highest BCUT2D eigenvalue weighted by atomic mass is 35.5. The van der Waals surface area contributed by atoms with Gasteiger partial charge < -0.3 is 5.11 Å². The molecule has 0 aliphatic rings. The lowest BCUT2D eigenvalue weighted by Gasteiger charge is -2.18. The highest BCUT2D eigenvalue weighted by Crippen LogP contribution is 2.20. The van der Waals surface area contributed by atoms with Crippen LogP contribution in [0.5, 0.6) is 0 Å². The van der Waals surface area contributed by atoms with Gasteiger partial charge in [-0.2, -0.15) is 0 Å². The Balaban J connectivity index is 2.21. The molecule has 0 saturated carbocycles. The molecule has 1 unspecified atom stereocenters. The van der Waals surface area contributed by atoms with E-state index in [9.17, 15) is 4.79 Å². The quantitative estimate of drug-likeness (QED) is 0.831. The number of hydrogen-bond acceptors (Lipinski definition) is 3. The third kappa shape index (κ3) is 3.26. The second-order valence-corrected chi connectivity index (χ2v) is 5.43. The number of fused-ring (bicyclic) bond motifs is 1. The average Bonchev–Trinajstić information content (AvgIpc) is 2.38. The number of nitrogens with one attached hydrogen (secondary N) is 1. The Bertz CT molecular complexity index is 628. The SMILES string of the molecule is CC(C)C(NCc1cc2ccccc2nc1Cl)C(=O)O. The fourth-order valence-corrected chi connectivity index (χ4v) is 2.30. The van der Waals surface area contributed by atoms with Gasteiger partial charge in [-0.05, 0) is 18.1 Å². The van der Waals surface area contributed by atoms with Gasteiger partial charge in [0.05, 0.1) is 5.52 Å². The number of pyridine rings is 1. The standard InChI is InChI=1S/C15H17ClN2O2/c1-9(2)13(15(19)20)17-8-11-7-10-5-3-4-6-12(10)18-14(11)16/h3-7,9,13,17H,8H2,1-2H3,(H,19,20). The fourth-order valence-electron chi connectivity index (χ4n) is 2.09. The molecule has 20 heavy (non-hydrogen) atoms. The number of carboxylic acid groups (broad SMARTS) is 1. The Hall–Kier alpha value is -1.65. The topological polar surface area (TPSA) is 62.2 Å². The summed E-state index contributed by atoms with van der Waals surface area (Å²) in [7, 11) is 0. The Morgan fingerprint density at radius 1 is 1.40 bits per heavy atom. The minimum Gasteiger partial charge on any atom is -0.480 e. The van der Waals surface area contributed by atoms with Gasteiger partial charge in [-0.3, -0.25) is 10.1 Å². The minimum absolute atomic E-state index is 0.000286. The maximum absolute atomic E-state index is 11.1. The van der Waals surface area contributed by atoms with Crippen LogP contribution < -0.4 is 5.32 Å². The first-order valence-electron chi connectivity index (χ1n) is 6.49. The first-order chi connectivity index (χ1) is 9.49. The average molecular weight is 293 g/mol. The molecule has 5 heteroatoms. The third-order valence-corrected chi connectivity index (χ3v) is 3.52. The summed E-state index contributed by atoms with van der Waals surface area (Å²) in [5.41, 5.74) is 1.64. The third-order valence-electron chi connectivity index (χ3n) is 3.20. The van der Waals surface area contributed by atoms with E-state index in [0.29, 0.717) is 11.7 Å². The summed E-state index contributed by atoms with van der Waals surface area (Å²) in [4.78, 5) is 15.5. The summed E-state index contributed by atoms with van der Waals surface area (Å²) in [6.07, 6.45) is 0. The summed E-state index contributed by atoms with van der Waals surface area (Å²) in [5.74, 6) is -0.857. The van der Waals surface area contributed by atoms with Crippen molar-refractivity contribution >= 4 is 28.5 Å². The van der Waals surface area contributed by atoms with Gasteiger partial charge in [0.25, 0.3) is 0 Å². The number of halogens is 1. The van der Waals surface area contributed by atoms with Crippen molar-refractivity contribution in [2.75, 3.05) is 0 Å². The molecule has 1 heterocycles. The van der Waals surface area contributed by atoms with Crippen LogP contribution in [-0.4, -0.2) is 22.1 Å². The lowest BCUT2D eigenvalue weighted by molar-refractivity contribution is -0.140. The van der Waals surface area contributed by atoms with Gasteiger partial charge in [-0.1, -0.05) is 43.6 Å². The molecule has 0 saturated heterocycles. The molecule has 2 aromatic rings. The van der Waals surface area contributed by atoms with E-state index < -0.39 is 12.0 Å². The van der Waals surface area contributed by atoms with Crippen LogP contribution in [0.4, 0.5) is 0 Å². The molecule has 0 aliphatic carbocycles. The number of carboxylic acids is 1. The van der Waals surface area contributed by atoms with Crippen molar-refractivity contribution in [3.63, 3.8) is 0 Å². The zero-order valence-corrected chi connectivity index (χ0v) is 12.2. The Morgan fingerprint density at radius 2 is 2.10 bits per heavy atom. The predicted octanol–water partition coefficient (Wildman–Crippen LogP) is 3.09. The van der Waals surface area contributed by atoms with Crippen molar-refractivity contribution in [1.29, 1.82) is 0 Å². The van der Waals surface area contributed by atoms with Crippen molar-refractivity contribution in [1.82, 2.24) is 10.3 Å². The van der Waals surface area contributed by atoms with E-state index in [4.69, 9.17) is 16.7 Å². The van der Waals surface area contributed by atoms with Crippen molar-refractivity contribution < 1.29 is 9.90 Å². The fraction of sp³-hybridized carbons (Fsp3) is 0.333. The van der Waals surface area contributed by atoms with Crippen LogP contribution >= 0.6 is 11.6 Å². The van der Waals surface area contributed by atoms with E-state index in [1.165, 1.54) is 0 Å². The van der Waals surface area contributed by atoms with Crippen molar-refractivity contribution in [2.45, 2.75) is 26.4 Å². The van der Waals surface area contributed by atoms with Crippen LogP contribution in [0, 0.1) is 5.92 Å². The molecule has 2 N–H and O–H groups in total. The molecule has 1 aromatic carbocycles. The zero-order valence-electron chi connectivity index (χ0n) is 11.4. The molecule has 0 spiro atoms. The molecule has 4 nitrogen and oxygen atoms in total. The second-order valence-electron chi connectivity index (χ2n) is 5.07. The number of nitrogens with zero attached hydrogens (tertiary/aromatic N) is 1. The van der Waals surface area contributed by atoms with Crippen LogP contribution in [0.3, 0.4) is 0 Å². The Kier molecular flexibility index (Phi) is 4.57. The van der Waals surface area contributed by atoms with E-state index in [2.05, 4.69) is 10.3 Å². The van der Waals surface area contributed by atoms with Gasteiger partial charge >= 0.3 is 5.97 Å². The molecule has 1 aromatic heterocycles. The van der Waals surface area contributed by atoms with Gasteiger partial charge in [-0.25, -0.2) is 4.98 Å². The molecule has 0 aliphatic heterocycles. The van der Waals surface area contributed by atoms with Crippen LogP contribution in [0.2, 0.25) is 5.15 Å². The molecule has 1 atom stereocenters. The summed E-state index contributed by atoms with van der Waals surface area (Å²) in [5, 5.41) is 13.6. The summed E-state index contributed by atoms with van der Waals surface area (Å²) < 4.78 is 0. The van der Waals surface area contributed by atoms with Crippen molar-refractivity contribution in [2.24, 2.45) is 5.92 Å². The van der Waals surface area contributed by atoms with Crippen molar-refractivity contribution in [3.05, 3.63) is 41.0 Å². The van der Waals surface area contributed by atoms with Gasteiger partial charge in [0.15, 0.2) is 0 Å². The van der Waals surface area contributed by atoms with Gasteiger partial charge in [-0.15, -0.1) is 0 Å². The lowest BCUT2D eigenvalue weighted by Crippen LogP contribution is -2.40. The van der Waals surface area contributed by atoms with E-state index in [1.54, 1.807) is 0 Å². The van der Waals surface area contributed by atoms with Crippen LogP contribution in [0.15, 0.2) is 30.3 Å². The number of hydrogen-bond donors (Lipinski definition) is 2. The molecular weight excluding hydrogens is 276 g/mol. The summed E-state index contributed by atoms with van der Waals surface area (Å²) in [6, 6.07) is 9.03. The number of rotatable bonds is 5. The van der Waals surface area contributed by atoms with E-state index in [0.717, 1.165) is 16.5 Å². The molecule has 0 radical (unpaired) electrons. The smallest absolute Gasteiger partial charge is 0.320 e. The first kappa shape index (κ1) is 14.8. The minimum atomic E-state index is -0.857. The highest BCUT2D eigenvalue weighted by Gasteiger charge is 2.20.